The van der Waals surface area contributed by atoms with Crippen molar-refractivity contribution in [3.8, 4) is 0 Å². The van der Waals surface area contributed by atoms with E-state index in [4.69, 9.17) is 11.6 Å². The summed E-state index contributed by atoms with van der Waals surface area (Å²) in [5, 5.41) is 13.2. The van der Waals surface area contributed by atoms with Crippen molar-refractivity contribution in [1.82, 2.24) is 9.97 Å². The van der Waals surface area contributed by atoms with Crippen LogP contribution in [0.1, 0.15) is 5.56 Å². The fourth-order valence-electron chi connectivity index (χ4n) is 2.87. The standard InChI is InChI=1S/C18H13ClF3N5O4/c1-26(7-16(28)25-9-2-3-12(19)11(4-9)18(20,21)22)14-6-13-10(5-15(14)27(30)31)17(29)24-8-23-13/h2-6,8H,7H2,1H3,(H,25,28)(H,23,24,29). The molecule has 2 aromatic carbocycles. The number of hydrogen-bond acceptors (Lipinski definition) is 6. The topological polar surface area (TPSA) is 121 Å². The summed E-state index contributed by atoms with van der Waals surface area (Å²) < 4.78 is 38.9. The minimum absolute atomic E-state index is 0.00200. The lowest BCUT2D eigenvalue weighted by atomic mass is 10.1. The lowest BCUT2D eigenvalue weighted by Gasteiger charge is -2.19. The van der Waals surface area contributed by atoms with Crippen LogP contribution in [-0.2, 0) is 11.0 Å². The van der Waals surface area contributed by atoms with Crippen molar-refractivity contribution in [3.63, 3.8) is 0 Å². The number of rotatable bonds is 5. The van der Waals surface area contributed by atoms with Crippen LogP contribution in [0, 0.1) is 10.1 Å². The number of alkyl halides is 3. The van der Waals surface area contributed by atoms with Crippen molar-refractivity contribution in [2.24, 2.45) is 0 Å². The second-order valence-corrected chi connectivity index (χ2v) is 6.85. The molecule has 3 aromatic rings. The van der Waals surface area contributed by atoms with Crippen LogP contribution in [0.2, 0.25) is 5.02 Å². The first-order chi connectivity index (χ1) is 14.5. The SMILES string of the molecule is CN(CC(=O)Nc1ccc(Cl)c(C(F)(F)F)c1)c1cc2nc[nH]c(=O)c2cc1[N+](=O)[O-]. The molecule has 0 saturated heterocycles. The van der Waals surface area contributed by atoms with Gasteiger partial charge in [-0.15, -0.1) is 0 Å². The number of nitrogens with zero attached hydrogens (tertiary/aromatic N) is 3. The minimum atomic E-state index is -4.70. The Morgan fingerprint density at radius 2 is 2.03 bits per heavy atom. The summed E-state index contributed by atoms with van der Waals surface area (Å²) in [6.45, 7) is -0.431. The van der Waals surface area contributed by atoms with Gasteiger partial charge < -0.3 is 15.2 Å². The van der Waals surface area contributed by atoms with Gasteiger partial charge in [-0.1, -0.05) is 11.6 Å². The molecule has 0 unspecified atom stereocenters. The normalized spacial score (nSPS) is 11.4. The predicted molar refractivity (Wildman–Crippen MR) is 107 cm³/mol. The third-order valence-corrected chi connectivity index (χ3v) is 4.61. The Labute approximate surface area is 176 Å². The first kappa shape index (κ1) is 22.0. The Balaban J connectivity index is 1.86. The number of hydrogen-bond donors (Lipinski definition) is 2. The van der Waals surface area contributed by atoms with Crippen molar-refractivity contribution < 1.29 is 22.9 Å². The van der Waals surface area contributed by atoms with E-state index in [1.807, 2.05) is 0 Å². The maximum absolute atomic E-state index is 13.0. The molecule has 0 aliphatic carbocycles. The van der Waals surface area contributed by atoms with E-state index in [1.165, 1.54) is 24.1 Å². The lowest BCUT2D eigenvalue weighted by Crippen LogP contribution is -2.30. The molecule has 1 aromatic heterocycles. The van der Waals surface area contributed by atoms with Crippen LogP contribution in [0.15, 0.2) is 41.5 Å². The van der Waals surface area contributed by atoms with Gasteiger partial charge in [0.1, 0.15) is 5.69 Å². The average Bonchev–Trinajstić information content (AvgIpc) is 2.67. The summed E-state index contributed by atoms with van der Waals surface area (Å²) in [4.78, 5) is 42.4. The van der Waals surface area contributed by atoms with E-state index in [-0.39, 0.29) is 22.3 Å². The van der Waals surface area contributed by atoms with Crippen LogP contribution in [0.4, 0.5) is 30.2 Å². The molecule has 162 valence electrons. The van der Waals surface area contributed by atoms with Crippen molar-refractivity contribution in [1.29, 1.82) is 0 Å². The van der Waals surface area contributed by atoms with Crippen LogP contribution in [0.3, 0.4) is 0 Å². The molecule has 0 spiro atoms. The van der Waals surface area contributed by atoms with Gasteiger partial charge in [-0.25, -0.2) is 4.98 Å². The molecule has 31 heavy (non-hydrogen) atoms. The quantitative estimate of drug-likeness (QED) is 0.448. The van der Waals surface area contributed by atoms with Crippen molar-refractivity contribution >= 4 is 45.5 Å². The first-order valence-corrected chi connectivity index (χ1v) is 8.88. The number of anilines is 2. The van der Waals surface area contributed by atoms with Gasteiger partial charge in [0.25, 0.3) is 11.2 Å². The smallest absolute Gasteiger partial charge is 0.360 e. The fourth-order valence-corrected chi connectivity index (χ4v) is 3.09. The van der Waals surface area contributed by atoms with Gasteiger partial charge in [0.2, 0.25) is 5.91 Å². The largest absolute Gasteiger partial charge is 0.417 e. The highest BCUT2D eigenvalue weighted by Gasteiger charge is 2.33. The van der Waals surface area contributed by atoms with Crippen LogP contribution >= 0.6 is 11.6 Å². The van der Waals surface area contributed by atoms with Gasteiger partial charge in [0, 0.05) is 18.8 Å². The molecule has 0 atom stereocenters. The van der Waals surface area contributed by atoms with E-state index >= 15 is 0 Å². The number of likely N-dealkylation sites (N-methyl/N-ethyl adjacent to an activating group) is 1. The molecule has 0 aliphatic rings. The zero-order valence-corrected chi connectivity index (χ0v) is 16.4. The Morgan fingerprint density at radius 3 is 2.68 bits per heavy atom. The van der Waals surface area contributed by atoms with Gasteiger partial charge in [-0.05, 0) is 24.3 Å². The van der Waals surface area contributed by atoms with E-state index in [0.717, 1.165) is 18.5 Å². The van der Waals surface area contributed by atoms with E-state index in [1.54, 1.807) is 0 Å². The Hall–Kier alpha value is -3.67. The van der Waals surface area contributed by atoms with Gasteiger partial charge in [0.05, 0.1) is 39.3 Å². The van der Waals surface area contributed by atoms with E-state index in [0.29, 0.717) is 6.07 Å². The summed E-state index contributed by atoms with van der Waals surface area (Å²) in [6.07, 6.45) is -3.57. The lowest BCUT2D eigenvalue weighted by molar-refractivity contribution is -0.384. The number of nitro groups is 1. The number of amides is 1. The predicted octanol–water partition coefficient (Wildman–Crippen LogP) is 3.58. The number of aromatic amines is 1. The number of carbonyl (C=O) groups is 1. The molecular weight excluding hydrogens is 443 g/mol. The molecule has 9 nitrogen and oxygen atoms in total. The summed E-state index contributed by atoms with van der Waals surface area (Å²) in [5.74, 6) is -0.730. The Morgan fingerprint density at radius 1 is 1.32 bits per heavy atom. The molecule has 2 N–H and O–H groups in total. The summed E-state index contributed by atoms with van der Waals surface area (Å²) >= 11 is 5.55. The number of benzene rings is 2. The highest BCUT2D eigenvalue weighted by Crippen LogP contribution is 2.36. The van der Waals surface area contributed by atoms with Crippen LogP contribution < -0.4 is 15.8 Å². The van der Waals surface area contributed by atoms with Gasteiger partial charge in [-0.3, -0.25) is 19.7 Å². The number of nitro benzene ring substituents is 1. The third-order valence-electron chi connectivity index (χ3n) is 4.28. The summed E-state index contributed by atoms with van der Waals surface area (Å²) in [7, 11) is 1.38. The van der Waals surface area contributed by atoms with Gasteiger partial charge >= 0.3 is 6.18 Å². The number of carbonyl (C=O) groups excluding carboxylic acids is 1. The number of H-pyrrole nitrogens is 1. The summed E-state index contributed by atoms with van der Waals surface area (Å²) in [5.41, 5.74) is -2.09. The maximum Gasteiger partial charge on any atom is 0.417 e. The molecule has 13 heteroatoms. The molecule has 0 bridgehead atoms. The highest BCUT2D eigenvalue weighted by molar-refractivity contribution is 6.31. The number of halogens is 4. The molecule has 1 amide bonds. The van der Waals surface area contributed by atoms with E-state index < -0.39 is 45.4 Å². The Bertz CT molecular complexity index is 1250. The van der Waals surface area contributed by atoms with Crippen molar-refractivity contribution in [3.05, 3.63) is 67.7 Å². The zero-order chi connectivity index (χ0) is 22.9. The van der Waals surface area contributed by atoms with Gasteiger partial charge in [0.15, 0.2) is 0 Å². The molecular formula is C18H13ClF3N5O4. The third kappa shape index (κ3) is 4.74. The maximum atomic E-state index is 13.0. The minimum Gasteiger partial charge on any atom is -0.360 e. The summed E-state index contributed by atoms with van der Waals surface area (Å²) in [6, 6.07) is 5.21. The van der Waals surface area contributed by atoms with Crippen molar-refractivity contribution in [2.75, 3.05) is 23.8 Å². The van der Waals surface area contributed by atoms with Crippen LogP contribution in [0.25, 0.3) is 10.9 Å². The van der Waals surface area contributed by atoms with Crippen LogP contribution in [-0.4, -0.2) is 34.4 Å². The van der Waals surface area contributed by atoms with Crippen LogP contribution in [0.5, 0.6) is 0 Å². The number of aromatic nitrogens is 2. The monoisotopic (exact) mass is 455 g/mol. The van der Waals surface area contributed by atoms with E-state index in [2.05, 4.69) is 15.3 Å². The molecule has 0 fully saturated rings. The van der Waals surface area contributed by atoms with E-state index in [9.17, 15) is 32.9 Å². The second-order valence-electron chi connectivity index (χ2n) is 6.44. The number of nitrogens with one attached hydrogen (secondary N) is 2. The number of fused-ring (bicyclic) bond motifs is 1. The molecule has 0 aliphatic heterocycles. The molecule has 0 radical (unpaired) electrons. The average molecular weight is 456 g/mol. The first-order valence-electron chi connectivity index (χ1n) is 8.51. The molecule has 1 heterocycles. The fraction of sp³-hybridized carbons (Fsp3) is 0.167. The highest BCUT2D eigenvalue weighted by atomic mass is 35.5. The van der Waals surface area contributed by atoms with Gasteiger partial charge in [-0.2, -0.15) is 13.2 Å². The zero-order valence-electron chi connectivity index (χ0n) is 15.7. The Kier molecular flexibility index (Phi) is 5.84. The molecule has 3 rings (SSSR count). The molecule has 0 saturated carbocycles. The van der Waals surface area contributed by atoms with Crippen molar-refractivity contribution in [2.45, 2.75) is 6.18 Å². The second kappa shape index (κ2) is 8.22.